The Morgan fingerprint density at radius 2 is 2.00 bits per heavy atom. The number of carbonyl (C=O) groups is 1. The third-order valence-electron chi connectivity index (χ3n) is 2.45. The Morgan fingerprint density at radius 3 is 2.53 bits per heavy atom. The highest BCUT2D eigenvalue weighted by Gasteiger charge is 2.12. The molecule has 5 nitrogen and oxygen atoms in total. The van der Waals surface area contributed by atoms with Crippen LogP contribution >= 0.6 is 12.4 Å². The second-order valence-corrected chi connectivity index (χ2v) is 3.50. The molecule has 0 radical (unpaired) electrons. The fraction of sp³-hybridized carbons (Fsp3) is 0.556. The summed E-state index contributed by atoms with van der Waals surface area (Å²) < 4.78 is 0. The van der Waals surface area contributed by atoms with Gasteiger partial charge in [0.25, 0.3) is 5.91 Å². The molecule has 0 spiro atoms. The number of carbonyl (C=O) groups excluding carboxylic acids is 1. The molecule has 0 saturated carbocycles. The summed E-state index contributed by atoms with van der Waals surface area (Å²) in [5.74, 6) is -0.472. The summed E-state index contributed by atoms with van der Waals surface area (Å²) in [6.45, 7) is 2.00. The third kappa shape index (κ3) is 2.62. The molecule has 1 saturated heterocycles. The maximum absolute atomic E-state index is 10.8. The highest BCUT2D eigenvalue weighted by molar-refractivity contribution is 5.90. The van der Waals surface area contributed by atoms with Gasteiger partial charge in [0.2, 0.25) is 0 Å². The maximum atomic E-state index is 10.8. The minimum Gasteiger partial charge on any atom is -0.364 e. The topological polar surface area (TPSA) is 64.2 Å². The van der Waals surface area contributed by atoms with Crippen molar-refractivity contribution in [1.29, 1.82) is 0 Å². The maximum Gasteiger partial charge on any atom is 0.269 e. The molecule has 2 rings (SSSR count). The molecule has 6 heteroatoms. The monoisotopic (exact) mass is 230 g/mol. The molecule has 1 fully saturated rings. The molecule has 0 aromatic carbocycles. The van der Waals surface area contributed by atoms with Gasteiger partial charge in [-0.25, -0.2) is 0 Å². The second-order valence-electron chi connectivity index (χ2n) is 3.50. The number of nitrogens with zero attached hydrogens (tertiary/aromatic N) is 3. The normalized spacial score (nSPS) is 15.9. The van der Waals surface area contributed by atoms with E-state index in [-0.39, 0.29) is 12.4 Å². The van der Waals surface area contributed by atoms with Crippen LogP contribution in [0.25, 0.3) is 0 Å². The van der Waals surface area contributed by atoms with Crippen LogP contribution < -0.4 is 10.7 Å². The Morgan fingerprint density at radius 1 is 1.33 bits per heavy atom. The summed E-state index contributed by atoms with van der Waals surface area (Å²) in [7, 11) is 0. The third-order valence-corrected chi connectivity index (χ3v) is 2.45. The van der Waals surface area contributed by atoms with Gasteiger partial charge in [-0.3, -0.25) is 9.80 Å². The van der Waals surface area contributed by atoms with E-state index < -0.39 is 5.91 Å². The van der Waals surface area contributed by atoms with Gasteiger partial charge in [0, 0.05) is 19.3 Å². The first-order valence-corrected chi connectivity index (χ1v) is 4.88. The number of nitrogens with two attached hydrogens (primary N) is 1. The minimum absolute atomic E-state index is 0. The molecule has 1 aromatic rings. The lowest BCUT2D eigenvalue weighted by molar-refractivity contribution is 0.0994. The average molecular weight is 231 g/mol. The molecule has 1 aliphatic heterocycles. The Bertz CT molecular complexity index is 333. The number of hydrogen-bond donors (Lipinski definition) is 1. The molecule has 2 heterocycles. The van der Waals surface area contributed by atoms with Crippen molar-refractivity contribution in [2.75, 3.05) is 18.1 Å². The highest BCUT2D eigenvalue weighted by atomic mass is 35.5. The van der Waals surface area contributed by atoms with Crippen LogP contribution in [0.4, 0.5) is 0 Å². The summed E-state index contributed by atoms with van der Waals surface area (Å²) in [6.07, 6.45) is 5.43. The van der Waals surface area contributed by atoms with Gasteiger partial charge in [-0.05, 0) is 25.3 Å². The van der Waals surface area contributed by atoms with E-state index in [9.17, 15) is 4.79 Å². The number of primary amides is 1. The van der Waals surface area contributed by atoms with Gasteiger partial charge in [0.15, 0.2) is 5.69 Å². The molecule has 0 unspecified atom stereocenters. The lowest BCUT2D eigenvalue weighted by atomic mass is 10.2. The fourth-order valence-electron chi connectivity index (χ4n) is 1.69. The van der Waals surface area contributed by atoms with Gasteiger partial charge in [-0.1, -0.05) is 0 Å². The highest BCUT2D eigenvalue weighted by Crippen LogP contribution is 2.07. The van der Waals surface area contributed by atoms with Gasteiger partial charge in [0.05, 0.1) is 0 Å². The van der Waals surface area contributed by atoms with Crippen molar-refractivity contribution < 1.29 is 4.79 Å². The summed E-state index contributed by atoms with van der Waals surface area (Å²) in [6, 6.07) is 1.65. The summed E-state index contributed by atoms with van der Waals surface area (Å²) in [5, 5.41) is 6.22. The SMILES string of the molecule is Cl.NC(=O)c1ccn(N2CCCCC2)n1. The lowest BCUT2D eigenvalue weighted by Gasteiger charge is -2.28. The molecule has 2 N–H and O–H groups in total. The van der Waals surface area contributed by atoms with E-state index >= 15 is 0 Å². The zero-order chi connectivity index (χ0) is 9.97. The predicted molar refractivity (Wildman–Crippen MR) is 59.8 cm³/mol. The molecule has 0 aliphatic carbocycles. The van der Waals surface area contributed by atoms with E-state index in [1.807, 2.05) is 0 Å². The Kier molecular flexibility index (Phi) is 3.96. The van der Waals surface area contributed by atoms with Crippen molar-refractivity contribution in [2.45, 2.75) is 19.3 Å². The van der Waals surface area contributed by atoms with E-state index in [2.05, 4.69) is 10.1 Å². The first-order chi connectivity index (χ1) is 6.77. The number of rotatable bonds is 2. The summed E-state index contributed by atoms with van der Waals surface area (Å²) in [5.41, 5.74) is 5.45. The van der Waals surface area contributed by atoms with Crippen LogP contribution in [-0.2, 0) is 0 Å². The van der Waals surface area contributed by atoms with Crippen LogP contribution in [0.15, 0.2) is 12.3 Å². The predicted octanol–water partition coefficient (Wildman–Crippen LogP) is 0.526. The van der Waals surface area contributed by atoms with E-state index in [0.717, 1.165) is 13.1 Å². The first kappa shape index (κ1) is 11.8. The zero-order valence-electron chi connectivity index (χ0n) is 8.43. The molecule has 15 heavy (non-hydrogen) atoms. The van der Waals surface area contributed by atoms with Gasteiger partial charge in [-0.15, -0.1) is 17.5 Å². The van der Waals surface area contributed by atoms with Crippen LogP contribution in [0.3, 0.4) is 0 Å². The van der Waals surface area contributed by atoms with E-state index in [4.69, 9.17) is 5.73 Å². The summed E-state index contributed by atoms with van der Waals surface area (Å²) in [4.78, 5) is 12.5. The molecular formula is C9H15ClN4O. The first-order valence-electron chi connectivity index (χ1n) is 4.88. The summed E-state index contributed by atoms with van der Waals surface area (Å²) >= 11 is 0. The van der Waals surface area contributed by atoms with Gasteiger partial charge >= 0.3 is 0 Å². The Balaban J connectivity index is 0.00000112. The van der Waals surface area contributed by atoms with Crippen LogP contribution in [0.2, 0.25) is 0 Å². The molecule has 84 valence electrons. The van der Waals surface area contributed by atoms with Crippen molar-refractivity contribution in [2.24, 2.45) is 5.73 Å². The van der Waals surface area contributed by atoms with Crippen molar-refractivity contribution in [1.82, 2.24) is 9.89 Å². The number of halogens is 1. The van der Waals surface area contributed by atoms with Crippen molar-refractivity contribution in [3.05, 3.63) is 18.0 Å². The minimum atomic E-state index is -0.472. The molecule has 1 amide bonds. The van der Waals surface area contributed by atoms with E-state index in [1.54, 1.807) is 17.1 Å². The number of piperidine rings is 1. The van der Waals surface area contributed by atoms with E-state index in [1.165, 1.54) is 19.3 Å². The van der Waals surface area contributed by atoms with Crippen LogP contribution in [-0.4, -0.2) is 28.9 Å². The smallest absolute Gasteiger partial charge is 0.269 e. The van der Waals surface area contributed by atoms with Crippen LogP contribution in [0.1, 0.15) is 29.8 Å². The quantitative estimate of drug-likeness (QED) is 0.806. The Labute approximate surface area is 94.6 Å². The Hall–Kier alpha value is -1.23. The van der Waals surface area contributed by atoms with Crippen molar-refractivity contribution in [3.8, 4) is 0 Å². The van der Waals surface area contributed by atoms with Gasteiger partial charge in [0.1, 0.15) is 0 Å². The van der Waals surface area contributed by atoms with E-state index in [0.29, 0.717) is 5.69 Å². The fourth-order valence-corrected chi connectivity index (χ4v) is 1.69. The zero-order valence-corrected chi connectivity index (χ0v) is 9.24. The molecular weight excluding hydrogens is 216 g/mol. The van der Waals surface area contributed by atoms with Gasteiger partial charge < -0.3 is 5.73 Å². The van der Waals surface area contributed by atoms with Crippen molar-refractivity contribution >= 4 is 18.3 Å². The number of amides is 1. The molecule has 1 aromatic heterocycles. The standard InChI is InChI=1S/C9H14N4O.ClH/c10-9(14)8-4-7-13(11-8)12-5-2-1-3-6-12;/h4,7H,1-3,5-6H2,(H2,10,14);1H. The largest absolute Gasteiger partial charge is 0.364 e. The van der Waals surface area contributed by atoms with Crippen LogP contribution in [0.5, 0.6) is 0 Å². The molecule has 0 atom stereocenters. The average Bonchev–Trinajstić information content (AvgIpc) is 2.68. The number of aromatic nitrogens is 2. The van der Waals surface area contributed by atoms with Gasteiger partial charge in [-0.2, -0.15) is 4.79 Å². The van der Waals surface area contributed by atoms with Crippen LogP contribution in [0, 0.1) is 0 Å². The molecule has 0 bridgehead atoms. The molecule has 1 aliphatic rings. The number of hydrogen-bond acceptors (Lipinski definition) is 3. The second kappa shape index (κ2) is 5.02. The lowest BCUT2D eigenvalue weighted by Crippen LogP contribution is -2.39. The van der Waals surface area contributed by atoms with Crippen molar-refractivity contribution in [3.63, 3.8) is 0 Å².